The van der Waals surface area contributed by atoms with Crippen molar-refractivity contribution in [1.29, 1.82) is 0 Å². The first-order chi connectivity index (χ1) is 10.7. The molecular weight excluding hydrogens is 344 g/mol. The van der Waals surface area contributed by atoms with Crippen LogP contribution in [-0.4, -0.2) is 37.6 Å². The highest BCUT2D eigenvalue weighted by molar-refractivity contribution is 9.10. The number of phenols is 1. The molecule has 0 bridgehead atoms. The van der Waals surface area contributed by atoms with Gasteiger partial charge in [-0.15, -0.1) is 0 Å². The maximum atomic E-state index is 9.52. The van der Waals surface area contributed by atoms with Gasteiger partial charge in [0.25, 0.3) is 0 Å². The van der Waals surface area contributed by atoms with Crippen LogP contribution in [0.15, 0.2) is 51.9 Å². The van der Waals surface area contributed by atoms with E-state index in [1.54, 1.807) is 24.4 Å². The van der Waals surface area contributed by atoms with Crippen molar-refractivity contribution < 1.29 is 9.84 Å². The zero-order valence-electron chi connectivity index (χ0n) is 12.1. The standard InChI is InChI=1S/C17H17BrN2O2/c18-17-6-5-16(21)11-13(17)12-19-14-1-3-15(4-2-14)20-7-9-22-10-8-20/h1-6,11-12,21H,7-10H2. The predicted molar refractivity (Wildman–Crippen MR) is 92.5 cm³/mol. The van der Waals surface area contributed by atoms with Crippen LogP contribution in [0.3, 0.4) is 0 Å². The lowest BCUT2D eigenvalue weighted by atomic mass is 10.2. The van der Waals surface area contributed by atoms with Crippen LogP contribution < -0.4 is 4.90 Å². The number of nitrogens with zero attached hydrogens (tertiary/aromatic N) is 2. The second kappa shape index (κ2) is 6.94. The van der Waals surface area contributed by atoms with E-state index < -0.39 is 0 Å². The summed E-state index contributed by atoms with van der Waals surface area (Å²) in [6, 6.07) is 13.3. The first-order valence-electron chi connectivity index (χ1n) is 7.18. The molecule has 0 radical (unpaired) electrons. The van der Waals surface area contributed by atoms with E-state index in [-0.39, 0.29) is 5.75 Å². The molecule has 1 aliphatic heterocycles. The van der Waals surface area contributed by atoms with Gasteiger partial charge in [-0.1, -0.05) is 15.9 Å². The van der Waals surface area contributed by atoms with Crippen molar-refractivity contribution in [2.75, 3.05) is 31.2 Å². The van der Waals surface area contributed by atoms with Crippen LogP contribution in [0, 0.1) is 0 Å². The Labute approximate surface area is 138 Å². The van der Waals surface area contributed by atoms with Gasteiger partial charge >= 0.3 is 0 Å². The van der Waals surface area contributed by atoms with Crippen molar-refractivity contribution in [3.8, 4) is 5.75 Å². The summed E-state index contributed by atoms with van der Waals surface area (Å²) in [4.78, 5) is 6.76. The molecule has 0 atom stereocenters. The second-order valence-corrected chi connectivity index (χ2v) is 5.93. The molecule has 5 heteroatoms. The highest BCUT2D eigenvalue weighted by atomic mass is 79.9. The Hall–Kier alpha value is -1.85. The van der Waals surface area contributed by atoms with Gasteiger partial charge in [-0.25, -0.2) is 0 Å². The number of aromatic hydroxyl groups is 1. The number of halogens is 1. The van der Waals surface area contributed by atoms with Crippen LogP contribution in [0.1, 0.15) is 5.56 Å². The van der Waals surface area contributed by atoms with E-state index in [4.69, 9.17) is 4.74 Å². The number of ether oxygens (including phenoxy) is 1. The summed E-state index contributed by atoms with van der Waals surface area (Å²) >= 11 is 3.45. The molecule has 3 rings (SSSR count). The molecule has 1 heterocycles. The van der Waals surface area contributed by atoms with Gasteiger partial charge in [-0.2, -0.15) is 0 Å². The van der Waals surface area contributed by atoms with Crippen LogP contribution in [-0.2, 0) is 4.74 Å². The van der Waals surface area contributed by atoms with E-state index >= 15 is 0 Å². The lowest BCUT2D eigenvalue weighted by Crippen LogP contribution is -2.36. The SMILES string of the molecule is Oc1ccc(Br)c(C=Nc2ccc(N3CCOCC3)cc2)c1. The lowest BCUT2D eigenvalue weighted by Gasteiger charge is -2.28. The molecule has 22 heavy (non-hydrogen) atoms. The van der Waals surface area contributed by atoms with E-state index in [1.807, 2.05) is 12.1 Å². The zero-order chi connectivity index (χ0) is 15.4. The summed E-state index contributed by atoms with van der Waals surface area (Å²) in [5.74, 6) is 0.229. The third kappa shape index (κ3) is 3.67. The highest BCUT2D eigenvalue weighted by Crippen LogP contribution is 2.23. The summed E-state index contributed by atoms with van der Waals surface area (Å²) in [7, 11) is 0. The lowest BCUT2D eigenvalue weighted by molar-refractivity contribution is 0.122. The van der Waals surface area contributed by atoms with Gasteiger partial charge in [0.05, 0.1) is 18.9 Å². The smallest absolute Gasteiger partial charge is 0.116 e. The largest absolute Gasteiger partial charge is 0.508 e. The Morgan fingerprint density at radius 1 is 1.09 bits per heavy atom. The number of phenolic OH excluding ortho intramolecular Hbond substituents is 1. The van der Waals surface area contributed by atoms with Gasteiger partial charge in [0.1, 0.15) is 5.75 Å². The zero-order valence-corrected chi connectivity index (χ0v) is 13.7. The van der Waals surface area contributed by atoms with Crippen molar-refractivity contribution in [3.05, 3.63) is 52.5 Å². The van der Waals surface area contributed by atoms with Crippen LogP contribution in [0.2, 0.25) is 0 Å². The molecule has 0 spiro atoms. The molecule has 0 aliphatic carbocycles. The van der Waals surface area contributed by atoms with Gasteiger partial charge in [0.15, 0.2) is 0 Å². The van der Waals surface area contributed by atoms with Gasteiger partial charge in [-0.05, 0) is 42.5 Å². The fourth-order valence-corrected chi connectivity index (χ4v) is 2.69. The van der Waals surface area contributed by atoms with Crippen LogP contribution in [0.25, 0.3) is 0 Å². The first-order valence-corrected chi connectivity index (χ1v) is 7.97. The van der Waals surface area contributed by atoms with Crippen molar-refractivity contribution in [3.63, 3.8) is 0 Å². The summed E-state index contributed by atoms with van der Waals surface area (Å²) in [5.41, 5.74) is 2.92. The van der Waals surface area contributed by atoms with E-state index in [0.29, 0.717) is 0 Å². The van der Waals surface area contributed by atoms with E-state index in [2.05, 4.69) is 38.0 Å². The number of morpholine rings is 1. The molecule has 2 aromatic rings. The fourth-order valence-electron chi connectivity index (χ4n) is 2.35. The molecule has 0 aromatic heterocycles. The minimum atomic E-state index is 0.229. The topological polar surface area (TPSA) is 45.1 Å². The Morgan fingerprint density at radius 2 is 1.82 bits per heavy atom. The Balaban J connectivity index is 1.72. The molecule has 0 amide bonds. The molecule has 1 saturated heterocycles. The Morgan fingerprint density at radius 3 is 2.55 bits per heavy atom. The molecule has 114 valence electrons. The summed E-state index contributed by atoms with van der Waals surface area (Å²) in [5, 5.41) is 9.52. The van der Waals surface area contributed by atoms with Crippen molar-refractivity contribution in [1.82, 2.24) is 0 Å². The van der Waals surface area contributed by atoms with Gasteiger partial charge in [0.2, 0.25) is 0 Å². The van der Waals surface area contributed by atoms with Crippen molar-refractivity contribution in [2.24, 2.45) is 4.99 Å². The minimum Gasteiger partial charge on any atom is -0.508 e. The number of hydrogen-bond acceptors (Lipinski definition) is 4. The molecule has 0 saturated carbocycles. The normalized spacial score (nSPS) is 15.4. The molecule has 1 aliphatic rings. The number of benzene rings is 2. The van der Waals surface area contributed by atoms with Gasteiger partial charge in [0, 0.05) is 35.0 Å². The number of hydrogen-bond donors (Lipinski definition) is 1. The average Bonchev–Trinajstić information content (AvgIpc) is 2.57. The summed E-state index contributed by atoms with van der Waals surface area (Å²) in [6.07, 6.45) is 1.74. The first kappa shape index (κ1) is 15.1. The maximum absolute atomic E-state index is 9.52. The number of anilines is 1. The van der Waals surface area contributed by atoms with Gasteiger partial charge < -0.3 is 14.7 Å². The highest BCUT2D eigenvalue weighted by Gasteiger charge is 2.10. The predicted octanol–water partition coefficient (Wildman–Crippen LogP) is 3.74. The van der Waals surface area contributed by atoms with Crippen LogP contribution in [0.4, 0.5) is 11.4 Å². The molecule has 2 aromatic carbocycles. The third-order valence-electron chi connectivity index (χ3n) is 3.56. The van der Waals surface area contributed by atoms with Crippen LogP contribution in [0.5, 0.6) is 5.75 Å². The molecule has 1 N–H and O–H groups in total. The van der Waals surface area contributed by atoms with Gasteiger partial charge in [-0.3, -0.25) is 4.99 Å². The summed E-state index contributed by atoms with van der Waals surface area (Å²) < 4.78 is 6.27. The third-order valence-corrected chi connectivity index (χ3v) is 4.28. The number of rotatable bonds is 3. The Kier molecular flexibility index (Phi) is 4.75. The maximum Gasteiger partial charge on any atom is 0.116 e. The Bertz CT molecular complexity index is 665. The van der Waals surface area contributed by atoms with Crippen molar-refractivity contribution >= 4 is 33.5 Å². The fraction of sp³-hybridized carbons (Fsp3) is 0.235. The molecular formula is C17H17BrN2O2. The van der Waals surface area contributed by atoms with Crippen molar-refractivity contribution in [2.45, 2.75) is 0 Å². The number of aliphatic imine (C=N–C) groups is 1. The minimum absolute atomic E-state index is 0.229. The molecule has 4 nitrogen and oxygen atoms in total. The van der Waals surface area contributed by atoms with Crippen LogP contribution >= 0.6 is 15.9 Å². The quantitative estimate of drug-likeness (QED) is 0.848. The monoisotopic (exact) mass is 360 g/mol. The van der Waals surface area contributed by atoms with E-state index in [9.17, 15) is 5.11 Å². The van der Waals surface area contributed by atoms with E-state index in [1.165, 1.54) is 5.69 Å². The van der Waals surface area contributed by atoms with E-state index in [0.717, 1.165) is 42.0 Å². The molecule has 1 fully saturated rings. The second-order valence-electron chi connectivity index (χ2n) is 5.08. The average molecular weight is 361 g/mol. The summed E-state index contributed by atoms with van der Waals surface area (Å²) in [6.45, 7) is 3.43. The molecule has 0 unspecified atom stereocenters.